The molecule has 4 aromatic rings. The fourth-order valence-electron chi connectivity index (χ4n) is 2.16. The number of hydrogen-bond donors (Lipinski definition) is 0. The molecule has 4 heterocycles. The highest BCUT2D eigenvalue weighted by atomic mass is 35.5. The van der Waals surface area contributed by atoms with E-state index in [1.807, 2.05) is 0 Å². The lowest BCUT2D eigenvalue weighted by Gasteiger charge is -2.01. The number of carbonyl (C=O) groups is 1. The van der Waals surface area contributed by atoms with Crippen molar-refractivity contribution in [1.82, 2.24) is 24.0 Å². The second kappa shape index (κ2) is 5.65. The predicted octanol–water partition coefficient (Wildman–Crippen LogP) is 2.18. The van der Waals surface area contributed by atoms with Crippen LogP contribution in [-0.4, -0.2) is 30.0 Å². The SMILES string of the molecule is Cc1cc(=O)n2nc(COC(=O)c3c(Cl)nc4sccn34)sc2n1. The van der Waals surface area contributed by atoms with E-state index in [2.05, 4.69) is 15.1 Å². The molecule has 0 fully saturated rings. The van der Waals surface area contributed by atoms with Gasteiger partial charge in [0.2, 0.25) is 4.96 Å². The van der Waals surface area contributed by atoms with Gasteiger partial charge in [-0.2, -0.15) is 9.61 Å². The fourth-order valence-corrected chi connectivity index (χ4v) is 4.03. The first-order valence-corrected chi connectivity index (χ1v) is 8.75. The smallest absolute Gasteiger partial charge is 0.359 e. The molecule has 0 aliphatic rings. The molecule has 0 amide bonds. The summed E-state index contributed by atoms with van der Waals surface area (Å²) in [5.74, 6) is -0.610. The van der Waals surface area contributed by atoms with E-state index in [-0.39, 0.29) is 23.0 Å². The molecule has 24 heavy (non-hydrogen) atoms. The molecule has 0 saturated carbocycles. The van der Waals surface area contributed by atoms with E-state index in [4.69, 9.17) is 16.3 Å². The lowest BCUT2D eigenvalue weighted by Crippen LogP contribution is -2.14. The third kappa shape index (κ3) is 2.48. The van der Waals surface area contributed by atoms with E-state index in [0.717, 1.165) is 0 Å². The van der Waals surface area contributed by atoms with E-state index in [1.54, 1.807) is 22.9 Å². The van der Waals surface area contributed by atoms with E-state index in [1.165, 1.54) is 33.3 Å². The highest BCUT2D eigenvalue weighted by Gasteiger charge is 2.21. The van der Waals surface area contributed by atoms with Crippen molar-refractivity contribution >= 4 is 50.2 Å². The summed E-state index contributed by atoms with van der Waals surface area (Å²) in [5.41, 5.74) is 0.503. The minimum atomic E-state index is -0.610. The summed E-state index contributed by atoms with van der Waals surface area (Å²) in [7, 11) is 0. The first kappa shape index (κ1) is 15.2. The zero-order valence-electron chi connectivity index (χ0n) is 12.1. The number of hydrogen-bond acceptors (Lipinski definition) is 8. The minimum Gasteiger partial charge on any atom is -0.453 e. The Bertz CT molecular complexity index is 1140. The highest BCUT2D eigenvalue weighted by Crippen LogP contribution is 2.22. The van der Waals surface area contributed by atoms with Crippen molar-refractivity contribution in [2.75, 3.05) is 0 Å². The van der Waals surface area contributed by atoms with Crippen molar-refractivity contribution < 1.29 is 9.53 Å². The highest BCUT2D eigenvalue weighted by molar-refractivity contribution is 7.16. The van der Waals surface area contributed by atoms with E-state index >= 15 is 0 Å². The molecule has 8 nitrogen and oxygen atoms in total. The number of fused-ring (bicyclic) bond motifs is 2. The average Bonchev–Trinajstić information content (AvgIpc) is 3.18. The molecular weight excluding hydrogens is 374 g/mol. The number of aryl methyl sites for hydroxylation is 1. The maximum atomic E-state index is 12.3. The molecule has 0 aliphatic heterocycles. The lowest BCUT2D eigenvalue weighted by atomic mass is 10.5. The number of nitrogens with zero attached hydrogens (tertiary/aromatic N) is 5. The van der Waals surface area contributed by atoms with Crippen LogP contribution in [-0.2, 0) is 11.3 Å². The Hall–Kier alpha value is -2.30. The zero-order chi connectivity index (χ0) is 16.8. The Labute approximate surface area is 146 Å². The largest absolute Gasteiger partial charge is 0.453 e. The molecule has 0 N–H and O–H groups in total. The van der Waals surface area contributed by atoms with Crippen LogP contribution in [0.15, 0.2) is 22.4 Å². The number of imidazole rings is 1. The van der Waals surface area contributed by atoms with Crippen LogP contribution in [0.4, 0.5) is 0 Å². The van der Waals surface area contributed by atoms with Crippen molar-refractivity contribution in [1.29, 1.82) is 0 Å². The summed E-state index contributed by atoms with van der Waals surface area (Å²) >= 11 is 8.54. The summed E-state index contributed by atoms with van der Waals surface area (Å²) in [5, 5.41) is 6.45. The predicted molar refractivity (Wildman–Crippen MR) is 89.1 cm³/mol. The molecule has 0 aliphatic carbocycles. The summed E-state index contributed by atoms with van der Waals surface area (Å²) < 4.78 is 8.01. The Morgan fingerprint density at radius 2 is 2.21 bits per heavy atom. The molecule has 0 aromatic carbocycles. The zero-order valence-corrected chi connectivity index (χ0v) is 14.5. The van der Waals surface area contributed by atoms with Crippen molar-refractivity contribution in [3.63, 3.8) is 0 Å². The van der Waals surface area contributed by atoms with Gasteiger partial charge < -0.3 is 4.74 Å². The Balaban J connectivity index is 1.59. The van der Waals surface area contributed by atoms with Gasteiger partial charge in [-0.05, 0) is 6.92 Å². The summed E-state index contributed by atoms with van der Waals surface area (Å²) in [6, 6.07) is 1.39. The van der Waals surface area contributed by atoms with Crippen molar-refractivity contribution in [2.45, 2.75) is 13.5 Å². The third-order valence-electron chi connectivity index (χ3n) is 3.15. The second-order valence-corrected chi connectivity index (χ2v) is 7.08. The number of aromatic nitrogens is 5. The normalized spacial score (nSPS) is 11.4. The topological polar surface area (TPSA) is 90.9 Å². The number of ether oxygens (including phenoxy) is 1. The number of rotatable bonds is 3. The average molecular weight is 382 g/mol. The molecule has 0 radical (unpaired) electrons. The van der Waals surface area contributed by atoms with Gasteiger partial charge in [-0.25, -0.2) is 14.8 Å². The molecule has 4 aromatic heterocycles. The molecular formula is C13H8ClN5O3S2. The van der Waals surface area contributed by atoms with Crippen LogP contribution in [0.3, 0.4) is 0 Å². The lowest BCUT2D eigenvalue weighted by molar-refractivity contribution is 0.0463. The van der Waals surface area contributed by atoms with Crippen LogP contribution in [0.5, 0.6) is 0 Å². The maximum absolute atomic E-state index is 12.3. The third-order valence-corrected chi connectivity index (χ3v) is 5.06. The van der Waals surface area contributed by atoms with Gasteiger partial charge in [0.05, 0.1) is 0 Å². The van der Waals surface area contributed by atoms with Gasteiger partial charge in [0.25, 0.3) is 5.56 Å². The number of esters is 1. The van der Waals surface area contributed by atoms with Gasteiger partial charge >= 0.3 is 5.97 Å². The van der Waals surface area contributed by atoms with Gasteiger partial charge in [-0.15, -0.1) is 11.3 Å². The van der Waals surface area contributed by atoms with Crippen LogP contribution in [0.2, 0.25) is 5.15 Å². The molecule has 0 atom stereocenters. The Kier molecular flexibility index (Phi) is 3.59. The number of thiazole rings is 1. The van der Waals surface area contributed by atoms with Gasteiger partial charge in [0.1, 0.15) is 6.61 Å². The minimum absolute atomic E-state index is 0.0843. The molecule has 0 spiro atoms. The quantitative estimate of drug-likeness (QED) is 0.505. The first-order valence-electron chi connectivity index (χ1n) is 6.67. The van der Waals surface area contributed by atoms with Crippen LogP contribution < -0.4 is 5.56 Å². The van der Waals surface area contributed by atoms with Crippen LogP contribution >= 0.6 is 34.3 Å². The van der Waals surface area contributed by atoms with Gasteiger partial charge in [-0.1, -0.05) is 22.9 Å². The first-order chi connectivity index (χ1) is 11.5. The van der Waals surface area contributed by atoms with Gasteiger partial charge in [0, 0.05) is 23.3 Å². The van der Waals surface area contributed by atoms with Gasteiger partial charge in [0.15, 0.2) is 20.8 Å². The van der Waals surface area contributed by atoms with Crippen molar-refractivity contribution in [3.8, 4) is 0 Å². The van der Waals surface area contributed by atoms with Gasteiger partial charge in [-0.3, -0.25) is 9.20 Å². The number of carbonyl (C=O) groups excluding carboxylic acids is 1. The van der Waals surface area contributed by atoms with Crippen LogP contribution in [0.25, 0.3) is 9.92 Å². The molecule has 4 rings (SSSR count). The van der Waals surface area contributed by atoms with Crippen LogP contribution in [0.1, 0.15) is 21.2 Å². The molecule has 0 bridgehead atoms. The molecule has 11 heteroatoms. The molecule has 0 saturated heterocycles. The number of halogens is 1. The summed E-state index contributed by atoms with van der Waals surface area (Å²) in [4.78, 5) is 33.5. The van der Waals surface area contributed by atoms with Crippen LogP contribution in [0, 0.1) is 6.92 Å². The van der Waals surface area contributed by atoms with Crippen molar-refractivity contribution in [3.05, 3.63) is 49.5 Å². The molecule has 122 valence electrons. The van der Waals surface area contributed by atoms with E-state index < -0.39 is 5.97 Å². The maximum Gasteiger partial charge on any atom is 0.359 e. The second-order valence-electron chi connectivity index (χ2n) is 4.81. The van der Waals surface area contributed by atoms with Crippen molar-refractivity contribution in [2.24, 2.45) is 0 Å². The fraction of sp³-hybridized carbons (Fsp3) is 0.154. The standard InChI is InChI=1S/C13H8ClN5O3S2/c1-6-4-8(20)19-13(15-6)24-7(17-19)5-22-11(21)9-10(14)16-12-18(9)2-3-23-12/h2-4H,5H2,1H3. The summed E-state index contributed by atoms with van der Waals surface area (Å²) in [6.45, 7) is 1.65. The Morgan fingerprint density at radius 3 is 3.04 bits per heavy atom. The van der Waals surface area contributed by atoms with E-state index in [9.17, 15) is 9.59 Å². The monoisotopic (exact) mass is 381 g/mol. The summed E-state index contributed by atoms with van der Waals surface area (Å²) in [6.07, 6.45) is 1.69. The Morgan fingerprint density at radius 1 is 1.38 bits per heavy atom. The molecule has 0 unspecified atom stereocenters. The van der Waals surface area contributed by atoms with E-state index in [0.29, 0.717) is 20.6 Å².